The Bertz CT molecular complexity index is 404. The van der Waals surface area contributed by atoms with Crippen molar-refractivity contribution >= 4 is 5.69 Å². The number of methoxy groups -OCH3 is 1. The normalized spacial score (nSPS) is 15.3. The van der Waals surface area contributed by atoms with Crippen LogP contribution in [0.1, 0.15) is 0 Å². The van der Waals surface area contributed by atoms with Crippen molar-refractivity contribution < 1.29 is 14.4 Å². The number of non-ortho nitro benzene ring substituents is 1. The van der Waals surface area contributed by atoms with Crippen molar-refractivity contribution in [1.82, 2.24) is 5.32 Å². The van der Waals surface area contributed by atoms with Gasteiger partial charge < -0.3 is 14.8 Å². The second-order valence-corrected chi connectivity index (χ2v) is 3.52. The van der Waals surface area contributed by atoms with Crippen LogP contribution in [0.25, 0.3) is 0 Å². The number of nitro groups is 1. The van der Waals surface area contributed by atoms with Crippen LogP contribution in [0.4, 0.5) is 5.69 Å². The highest BCUT2D eigenvalue weighted by Gasteiger charge is 2.20. The second kappa shape index (κ2) is 4.36. The standard InChI is InChI=1S/C10H12N2O4/c1-15-8-2-7(12(13)14)3-9(4-8)16-10-5-11-6-10/h2-4,10-11H,5-6H2,1H3. The van der Waals surface area contributed by atoms with Gasteiger partial charge in [0.15, 0.2) is 0 Å². The van der Waals surface area contributed by atoms with Crippen LogP contribution < -0.4 is 14.8 Å². The Morgan fingerprint density at radius 1 is 1.38 bits per heavy atom. The topological polar surface area (TPSA) is 73.6 Å². The maximum Gasteiger partial charge on any atom is 0.276 e. The summed E-state index contributed by atoms with van der Waals surface area (Å²) >= 11 is 0. The summed E-state index contributed by atoms with van der Waals surface area (Å²) in [4.78, 5) is 10.2. The van der Waals surface area contributed by atoms with Gasteiger partial charge in [0.05, 0.1) is 24.2 Å². The molecule has 1 aliphatic rings. The molecule has 1 fully saturated rings. The number of ether oxygens (including phenoxy) is 2. The average Bonchev–Trinajstić information content (AvgIpc) is 2.23. The van der Waals surface area contributed by atoms with E-state index in [1.54, 1.807) is 6.07 Å². The minimum atomic E-state index is -0.464. The van der Waals surface area contributed by atoms with Crippen LogP contribution in [0.15, 0.2) is 18.2 Å². The SMILES string of the molecule is COc1cc(OC2CNC2)cc([N+](=O)[O-])c1. The Balaban J connectivity index is 2.21. The van der Waals surface area contributed by atoms with Gasteiger partial charge in [-0.2, -0.15) is 0 Å². The smallest absolute Gasteiger partial charge is 0.276 e. The summed E-state index contributed by atoms with van der Waals surface area (Å²) in [5, 5.41) is 13.7. The number of nitro benzene ring substituents is 1. The molecular weight excluding hydrogens is 212 g/mol. The second-order valence-electron chi connectivity index (χ2n) is 3.52. The molecule has 0 atom stereocenters. The zero-order chi connectivity index (χ0) is 11.5. The van der Waals surface area contributed by atoms with Crippen molar-refractivity contribution in [2.45, 2.75) is 6.10 Å². The zero-order valence-corrected chi connectivity index (χ0v) is 8.80. The van der Waals surface area contributed by atoms with Gasteiger partial charge in [-0.05, 0) is 0 Å². The minimum absolute atomic E-state index is 0.0263. The highest BCUT2D eigenvalue weighted by molar-refractivity contribution is 5.46. The molecule has 0 spiro atoms. The lowest BCUT2D eigenvalue weighted by Gasteiger charge is -2.27. The van der Waals surface area contributed by atoms with Crippen LogP contribution in [0.5, 0.6) is 11.5 Å². The fourth-order valence-corrected chi connectivity index (χ4v) is 1.39. The van der Waals surface area contributed by atoms with Gasteiger partial charge in [0.25, 0.3) is 5.69 Å². The van der Waals surface area contributed by atoms with Gasteiger partial charge in [-0.3, -0.25) is 10.1 Å². The number of nitrogens with zero attached hydrogens (tertiary/aromatic N) is 1. The predicted octanol–water partition coefficient (Wildman–Crippen LogP) is 0.954. The first-order chi connectivity index (χ1) is 7.69. The lowest BCUT2D eigenvalue weighted by atomic mass is 10.2. The van der Waals surface area contributed by atoms with Gasteiger partial charge in [0.2, 0.25) is 0 Å². The van der Waals surface area contributed by atoms with E-state index in [0.29, 0.717) is 11.5 Å². The number of nitrogens with one attached hydrogen (secondary N) is 1. The molecule has 86 valence electrons. The fourth-order valence-electron chi connectivity index (χ4n) is 1.39. The monoisotopic (exact) mass is 224 g/mol. The third kappa shape index (κ3) is 2.22. The van der Waals surface area contributed by atoms with Gasteiger partial charge >= 0.3 is 0 Å². The molecule has 0 bridgehead atoms. The molecule has 1 aliphatic heterocycles. The van der Waals surface area contributed by atoms with E-state index < -0.39 is 4.92 Å². The quantitative estimate of drug-likeness (QED) is 0.609. The van der Waals surface area contributed by atoms with Crippen molar-refractivity contribution in [3.05, 3.63) is 28.3 Å². The lowest BCUT2D eigenvalue weighted by molar-refractivity contribution is -0.385. The molecule has 0 aliphatic carbocycles. The van der Waals surface area contributed by atoms with E-state index in [0.717, 1.165) is 13.1 Å². The van der Waals surface area contributed by atoms with Crippen LogP contribution >= 0.6 is 0 Å². The van der Waals surface area contributed by atoms with E-state index in [9.17, 15) is 10.1 Å². The third-order valence-electron chi connectivity index (χ3n) is 2.36. The molecule has 0 radical (unpaired) electrons. The zero-order valence-electron chi connectivity index (χ0n) is 8.80. The molecule has 1 N–H and O–H groups in total. The first-order valence-electron chi connectivity index (χ1n) is 4.90. The maximum absolute atomic E-state index is 10.7. The van der Waals surface area contributed by atoms with Gasteiger partial charge in [-0.25, -0.2) is 0 Å². The Morgan fingerprint density at radius 3 is 2.56 bits per heavy atom. The predicted molar refractivity (Wildman–Crippen MR) is 56.9 cm³/mol. The van der Waals surface area contributed by atoms with Crippen LogP contribution in [0.3, 0.4) is 0 Å². The Labute approximate surface area is 92.3 Å². The van der Waals surface area contributed by atoms with E-state index in [1.165, 1.54) is 19.2 Å². The van der Waals surface area contributed by atoms with Crippen molar-refractivity contribution in [1.29, 1.82) is 0 Å². The van der Waals surface area contributed by atoms with E-state index >= 15 is 0 Å². The molecule has 1 heterocycles. The molecule has 6 heteroatoms. The lowest BCUT2D eigenvalue weighted by Crippen LogP contribution is -2.50. The molecular formula is C10H12N2O4. The third-order valence-corrected chi connectivity index (χ3v) is 2.36. The summed E-state index contributed by atoms with van der Waals surface area (Å²) < 4.78 is 10.5. The number of rotatable bonds is 4. The Kier molecular flexibility index (Phi) is 2.91. The molecule has 1 aromatic rings. The molecule has 2 rings (SSSR count). The van der Waals surface area contributed by atoms with Crippen LogP contribution in [-0.2, 0) is 0 Å². The molecule has 0 aromatic heterocycles. The first-order valence-corrected chi connectivity index (χ1v) is 4.90. The fraction of sp³-hybridized carbons (Fsp3) is 0.400. The van der Waals surface area contributed by atoms with Crippen molar-refractivity contribution in [3.8, 4) is 11.5 Å². The van der Waals surface area contributed by atoms with Crippen molar-refractivity contribution in [2.24, 2.45) is 0 Å². The summed E-state index contributed by atoms with van der Waals surface area (Å²) in [6.07, 6.45) is 0.0895. The van der Waals surface area contributed by atoms with Crippen LogP contribution in [0, 0.1) is 10.1 Å². The Hall–Kier alpha value is -1.82. The van der Waals surface area contributed by atoms with Gasteiger partial charge in [-0.1, -0.05) is 0 Å². The van der Waals surface area contributed by atoms with Crippen molar-refractivity contribution in [3.63, 3.8) is 0 Å². The molecule has 1 saturated heterocycles. The van der Waals surface area contributed by atoms with E-state index in [4.69, 9.17) is 9.47 Å². The summed E-state index contributed by atoms with van der Waals surface area (Å²) in [6.45, 7) is 1.54. The molecule has 16 heavy (non-hydrogen) atoms. The molecule has 0 amide bonds. The van der Waals surface area contributed by atoms with E-state index in [2.05, 4.69) is 5.32 Å². The highest BCUT2D eigenvalue weighted by atomic mass is 16.6. The average molecular weight is 224 g/mol. The molecule has 6 nitrogen and oxygen atoms in total. The van der Waals surface area contributed by atoms with Gasteiger partial charge in [0, 0.05) is 19.2 Å². The summed E-state index contributed by atoms with van der Waals surface area (Å²) in [6, 6.07) is 4.41. The summed E-state index contributed by atoms with van der Waals surface area (Å²) in [5.74, 6) is 0.897. The van der Waals surface area contributed by atoms with Crippen LogP contribution in [0.2, 0.25) is 0 Å². The summed E-state index contributed by atoms with van der Waals surface area (Å²) in [7, 11) is 1.47. The number of hydrogen-bond donors (Lipinski definition) is 1. The Morgan fingerprint density at radius 2 is 2.06 bits per heavy atom. The van der Waals surface area contributed by atoms with Gasteiger partial charge in [0.1, 0.15) is 17.6 Å². The largest absolute Gasteiger partial charge is 0.496 e. The first kappa shape index (κ1) is 10.7. The van der Waals surface area contributed by atoms with E-state index in [-0.39, 0.29) is 11.8 Å². The van der Waals surface area contributed by atoms with E-state index in [1.807, 2.05) is 0 Å². The highest BCUT2D eigenvalue weighted by Crippen LogP contribution is 2.28. The van der Waals surface area contributed by atoms with Crippen LogP contribution in [-0.4, -0.2) is 31.2 Å². The molecule has 0 saturated carbocycles. The maximum atomic E-state index is 10.7. The summed E-state index contributed by atoms with van der Waals surface area (Å²) in [5.41, 5.74) is -0.0263. The number of benzene rings is 1. The molecule has 0 unspecified atom stereocenters. The minimum Gasteiger partial charge on any atom is -0.496 e. The van der Waals surface area contributed by atoms with Crippen molar-refractivity contribution in [2.75, 3.05) is 20.2 Å². The number of hydrogen-bond acceptors (Lipinski definition) is 5. The van der Waals surface area contributed by atoms with Gasteiger partial charge in [-0.15, -0.1) is 0 Å². The molecule has 1 aromatic carbocycles.